The van der Waals surface area contributed by atoms with Crippen LogP contribution in [-0.4, -0.2) is 49.8 Å². The lowest BCUT2D eigenvalue weighted by atomic mass is 10.0. The van der Waals surface area contributed by atoms with E-state index in [0.29, 0.717) is 31.3 Å². The number of ether oxygens (including phenoxy) is 2. The topological polar surface area (TPSA) is 71.1 Å². The second-order valence-corrected chi connectivity index (χ2v) is 7.91. The van der Waals surface area contributed by atoms with Gasteiger partial charge in [0.25, 0.3) is 11.8 Å². The first kappa shape index (κ1) is 22.0. The molecule has 2 fully saturated rings. The fourth-order valence-electron chi connectivity index (χ4n) is 3.75. The number of carbonyl (C=O) groups is 2. The summed E-state index contributed by atoms with van der Waals surface area (Å²) in [6.45, 7) is 7.52. The van der Waals surface area contributed by atoms with Crippen molar-refractivity contribution in [2.75, 3.05) is 42.7 Å². The molecule has 0 aliphatic carbocycles. The lowest BCUT2D eigenvalue weighted by Crippen LogP contribution is -2.54. The van der Waals surface area contributed by atoms with E-state index >= 15 is 0 Å². The fourth-order valence-corrected chi connectivity index (χ4v) is 4.03. The summed E-state index contributed by atoms with van der Waals surface area (Å²) in [7, 11) is 0. The summed E-state index contributed by atoms with van der Waals surface area (Å²) in [5.74, 6) is -0.263. The summed E-state index contributed by atoms with van der Waals surface area (Å²) in [5.41, 5.74) is 3.48. The van der Waals surface area contributed by atoms with Gasteiger partial charge in [-0.2, -0.15) is 0 Å². The number of thiocarbonyl (C=S) groups is 1. The van der Waals surface area contributed by atoms with Gasteiger partial charge >= 0.3 is 0 Å². The second kappa shape index (κ2) is 9.50. The van der Waals surface area contributed by atoms with Crippen LogP contribution in [0.15, 0.2) is 48.0 Å². The average Bonchev–Trinajstić information content (AvgIpc) is 2.79. The number of hydrogen-bond donors (Lipinski definition) is 1. The van der Waals surface area contributed by atoms with Crippen molar-refractivity contribution in [3.05, 3.63) is 59.2 Å². The molecule has 2 amide bonds. The number of nitrogens with zero attached hydrogens (tertiary/aromatic N) is 2. The van der Waals surface area contributed by atoms with Crippen LogP contribution >= 0.6 is 12.2 Å². The number of aryl methyl sites for hydroxylation is 1. The molecule has 0 bridgehead atoms. The highest BCUT2D eigenvalue weighted by atomic mass is 32.1. The molecule has 0 aromatic heterocycles. The first-order valence-electron chi connectivity index (χ1n) is 10.6. The molecule has 2 aliphatic heterocycles. The van der Waals surface area contributed by atoms with Crippen LogP contribution in [0.2, 0.25) is 0 Å². The Hall–Kier alpha value is -3.23. The van der Waals surface area contributed by atoms with Gasteiger partial charge < -0.3 is 14.4 Å². The number of carbonyl (C=O) groups excluding carboxylic acids is 2. The van der Waals surface area contributed by atoms with E-state index in [9.17, 15) is 9.59 Å². The summed E-state index contributed by atoms with van der Waals surface area (Å²) >= 11 is 5.28. The van der Waals surface area contributed by atoms with E-state index < -0.39 is 11.8 Å². The minimum absolute atomic E-state index is 0.0368. The average molecular weight is 452 g/mol. The van der Waals surface area contributed by atoms with Gasteiger partial charge in [0.2, 0.25) is 0 Å². The SMILES string of the molecule is CCOc1ccc(N2C(=O)/C(=C/c3ccc(N4CCOCC4)cc3C)C(=O)NC2=S)cc1. The van der Waals surface area contributed by atoms with Gasteiger partial charge in [-0.3, -0.25) is 19.8 Å². The van der Waals surface area contributed by atoms with Crippen LogP contribution in [0, 0.1) is 6.92 Å². The first-order valence-corrected chi connectivity index (χ1v) is 11.0. The van der Waals surface area contributed by atoms with Crippen LogP contribution in [-0.2, 0) is 14.3 Å². The predicted molar refractivity (Wildman–Crippen MR) is 128 cm³/mol. The van der Waals surface area contributed by atoms with E-state index in [2.05, 4.69) is 16.3 Å². The van der Waals surface area contributed by atoms with Crippen LogP contribution in [0.5, 0.6) is 5.75 Å². The molecule has 166 valence electrons. The minimum Gasteiger partial charge on any atom is -0.494 e. The molecule has 7 nitrogen and oxygen atoms in total. The Bertz CT molecular complexity index is 1080. The van der Waals surface area contributed by atoms with E-state index in [0.717, 1.165) is 29.9 Å². The summed E-state index contributed by atoms with van der Waals surface area (Å²) < 4.78 is 10.9. The Morgan fingerprint density at radius 3 is 2.44 bits per heavy atom. The van der Waals surface area contributed by atoms with Crippen molar-refractivity contribution in [1.82, 2.24) is 5.32 Å². The van der Waals surface area contributed by atoms with Gasteiger partial charge in [0.1, 0.15) is 11.3 Å². The van der Waals surface area contributed by atoms with Crippen LogP contribution in [0.4, 0.5) is 11.4 Å². The van der Waals surface area contributed by atoms with Gasteiger partial charge in [-0.15, -0.1) is 0 Å². The Morgan fingerprint density at radius 2 is 1.78 bits per heavy atom. The summed E-state index contributed by atoms with van der Waals surface area (Å²) in [6, 6.07) is 13.0. The molecule has 2 saturated heterocycles. The van der Waals surface area contributed by atoms with Crippen molar-refractivity contribution in [2.45, 2.75) is 13.8 Å². The number of rotatable bonds is 5. The van der Waals surface area contributed by atoms with Crippen molar-refractivity contribution < 1.29 is 19.1 Å². The highest BCUT2D eigenvalue weighted by Gasteiger charge is 2.34. The zero-order valence-corrected chi connectivity index (χ0v) is 18.9. The van der Waals surface area contributed by atoms with Crippen molar-refractivity contribution in [1.29, 1.82) is 0 Å². The molecule has 32 heavy (non-hydrogen) atoms. The number of anilines is 2. The molecule has 0 radical (unpaired) electrons. The number of amides is 2. The molecular formula is C24H25N3O4S. The smallest absolute Gasteiger partial charge is 0.270 e. The Labute approximate surface area is 192 Å². The summed E-state index contributed by atoms with van der Waals surface area (Å²) in [6.07, 6.45) is 1.62. The lowest BCUT2D eigenvalue weighted by Gasteiger charge is -2.30. The fraction of sp³-hybridized carbons (Fsp3) is 0.292. The third-order valence-electron chi connectivity index (χ3n) is 5.44. The Balaban J connectivity index is 1.61. The standard InChI is InChI=1S/C24H25N3O4S/c1-3-31-20-8-6-18(7-9-20)27-23(29)21(22(28)25-24(27)32)15-17-4-5-19(14-16(17)2)26-10-12-30-13-11-26/h4-9,14-15H,3,10-13H2,1-2H3,(H,25,28,32)/b21-15+. The van der Waals surface area contributed by atoms with Crippen molar-refractivity contribution in [3.8, 4) is 5.75 Å². The molecule has 0 saturated carbocycles. The second-order valence-electron chi connectivity index (χ2n) is 7.53. The largest absolute Gasteiger partial charge is 0.494 e. The number of nitrogens with one attached hydrogen (secondary N) is 1. The maximum atomic E-state index is 13.2. The molecule has 0 spiro atoms. The summed E-state index contributed by atoms with van der Waals surface area (Å²) in [4.78, 5) is 29.4. The highest BCUT2D eigenvalue weighted by Crippen LogP contribution is 2.26. The zero-order chi connectivity index (χ0) is 22.7. The van der Waals surface area contributed by atoms with E-state index in [1.165, 1.54) is 4.90 Å². The van der Waals surface area contributed by atoms with Crippen LogP contribution in [0.25, 0.3) is 6.08 Å². The van der Waals surface area contributed by atoms with Crippen molar-refractivity contribution >= 4 is 46.6 Å². The van der Waals surface area contributed by atoms with Crippen LogP contribution < -0.4 is 19.9 Å². The summed E-state index contributed by atoms with van der Waals surface area (Å²) in [5, 5.41) is 2.68. The molecule has 8 heteroatoms. The quantitative estimate of drug-likeness (QED) is 0.428. The maximum Gasteiger partial charge on any atom is 0.270 e. The third kappa shape index (κ3) is 4.51. The van der Waals surface area contributed by atoms with Crippen molar-refractivity contribution in [2.24, 2.45) is 0 Å². The molecule has 2 aromatic rings. The van der Waals surface area contributed by atoms with Gasteiger partial charge in [-0.1, -0.05) is 6.07 Å². The number of hydrogen-bond acceptors (Lipinski definition) is 6. The molecule has 4 rings (SSSR count). The van der Waals surface area contributed by atoms with Gasteiger partial charge in [0.15, 0.2) is 5.11 Å². The molecule has 0 atom stereocenters. The monoisotopic (exact) mass is 451 g/mol. The van der Waals surface area contributed by atoms with Gasteiger partial charge in [-0.05, 0) is 79.7 Å². The Kier molecular flexibility index (Phi) is 6.53. The van der Waals surface area contributed by atoms with Gasteiger partial charge in [-0.25, -0.2) is 0 Å². The molecule has 1 N–H and O–H groups in total. The molecule has 2 heterocycles. The van der Waals surface area contributed by atoms with Gasteiger partial charge in [0, 0.05) is 18.8 Å². The highest BCUT2D eigenvalue weighted by molar-refractivity contribution is 7.80. The molecular weight excluding hydrogens is 426 g/mol. The molecule has 2 aliphatic rings. The van der Waals surface area contributed by atoms with E-state index in [1.54, 1.807) is 30.3 Å². The molecule has 2 aromatic carbocycles. The number of morpholine rings is 1. The Morgan fingerprint density at radius 1 is 1.09 bits per heavy atom. The number of benzene rings is 2. The first-order chi connectivity index (χ1) is 15.5. The van der Waals surface area contributed by atoms with Crippen molar-refractivity contribution in [3.63, 3.8) is 0 Å². The maximum absolute atomic E-state index is 13.2. The van der Waals surface area contributed by atoms with E-state index in [-0.39, 0.29) is 10.7 Å². The predicted octanol–water partition coefficient (Wildman–Crippen LogP) is 3.06. The van der Waals surface area contributed by atoms with Crippen LogP contribution in [0.1, 0.15) is 18.1 Å². The molecule has 0 unspecified atom stereocenters. The zero-order valence-electron chi connectivity index (χ0n) is 18.1. The van der Waals surface area contributed by atoms with Gasteiger partial charge in [0.05, 0.1) is 25.5 Å². The normalized spacial score (nSPS) is 18.2. The lowest BCUT2D eigenvalue weighted by molar-refractivity contribution is -0.122. The van der Waals surface area contributed by atoms with E-state index in [1.807, 2.05) is 26.0 Å². The van der Waals surface area contributed by atoms with Crippen LogP contribution in [0.3, 0.4) is 0 Å². The van der Waals surface area contributed by atoms with E-state index in [4.69, 9.17) is 21.7 Å². The minimum atomic E-state index is -0.501. The third-order valence-corrected chi connectivity index (χ3v) is 5.72.